The Bertz CT molecular complexity index is 412. The second-order valence-electron chi connectivity index (χ2n) is 9.71. The molecule has 0 aromatic heterocycles. The molecular formula is C19H36N2O3. The maximum atomic E-state index is 6.06. The highest BCUT2D eigenvalue weighted by atomic mass is 16.5. The lowest BCUT2D eigenvalue weighted by atomic mass is 9.83. The van der Waals surface area contributed by atoms with Crippen LogP contribution in [0.4, 0.5) is 0 Å². The highest BCUT2D eigenvalue weighted by molar-refractivity contribution is 4.96. The van der Waals surface area contributed by atoms with Gasteiger partial charge < -0.3 is 14.2 Å². The lowest BCUT2D eigenvalue weighted by molar-refractivity contribution is -0.187. The normalized spacial score (nSPS) is 36.2. The molecular weight excluding hydrogens is 304 g/mol. The summed E-state index contributed by atoms with van der Waals surface area (Å²) in [6.45, 7) is 21.2. The zero-order valence-electron chi connectivity index (χ0n) is 16.4. The molecule has 3 fully saturated rings. The molecule has 3 heterocycles. The number of morpholine rings is 2. The second-order valence-corrected chi connectivity index (χ2v) is 9.71. The second kappa shape index (κ2) is 6.51. The molecule has 3 saturated heterocycles. The summed E-state index contributed by atoms with van der Waals surface area (Å²) in [5.74, 6) is 0. The molecule has 0 aromatic carbocycles. The fourth-order valence-corrected chi connectivity index (χ4v) is 4.98. The zero-order valence-corrected chi connectivity index (χ0v) is 16.4. The standard InChI is InChI=1S/C19H36N2O3/c1-15-7-20(9-17(3,4)23-15)11-19(13-22-14-19)12-21-8-16(2)24-18(5,6)10-21/h15-16H,7-14H2,1-6H3. The van der Waals surface area contributed by atoms with Crippen LogP contribution in [0, 0.1) is 5.41 Å². The van der Waals surface area contributed by atoms with Gasteiger partial charge in [-0.2, -0.15) is 0 Å². The highest BCUT2D eigenvalue weighted by Gasteiger charge is 2.45. The summed E-state index contributed by atoms with van der Waals surface area (Å²) in [6.07, 6.45) is 0.600. The first kappa shape index (κ1) is 18.6. The van der Waals surface area contributed by atoms with Crippen molar-refractivity contribution in [2.24, 2.45) is 5.41 Å². The van der Waals surface area contributed by atoms with Crippen LogP contribution >= 0.6 is 0 Å². The predicted octanol–water partition coefficient (Wildman–Crippen LogP) is 2.00. The van der Waals surface area contributed by atoms with Crippen molar-refractivity contribution in [3.8, 4) is 0 Å². The zero-order chi connectivity index (χ0) is 17.6. The topological polar surface area (TPSA) is 34.2 Å². The average Bonchev–Trinajstić information content (AvgIpc) is 2.30. The lowest BCUT2D eigenvalue weighted by Gasteiger charge is -2.52. The number of nitrogens with zero attached hydrogens (tertiary/aromatic N) is 2. The van der Waals surface area contributed by atoms with E-state index in [9.17, 15) is 0 Å². The number of hydrogen-bond donors (Lipinski definition) is 0. The van der Waals surface area contributed by atoms with Gasteiger partial charge in [-0.25, -0.2) is 0 Å². The Morgan fingerprint density at radius 3 is 1.50 bits per heavy atom. The van der Waals surface area contributed by atoms with E-state index in [1.807, 2.05) is 0 Å². The van der Waals surface area contributed by atoms with Crippen LogP contribution in [0.1, 0.15) is 41.5 Å². The predicted molar refractivity (Wildman–Crippen MR) is 95.4 cm³/mol. The Balaban J connectivity index is 1.62. The molecule has 0 saturated carbocycles. The van der Waals surface area contributed by atoms with Crippen LogP contribution in [0.5, 0.6) is 0 Å². The Morgan fingerprint density at radius 2 is 1.21 bits per heavy atom. The quantitative estimate of drug-likeness (QED) is 0.782. The molecule has 0 amide bonds. The summed E-state index contributed by atoms with van der Waals surface area (Å²) < 4.78 is 17.8. The van der Waals surface area contributed by atoms with Crippen LogP contribution in [-0.2, 0) is 14.2 Å². The molecule has 2 unspecified atom stereocenters. The monoisotopic (exact) mass is 340 g/mol. The van der Waals surface area contributed by atoms with Crippen molar-refractivity contribution in [2.45, 2.75) is 65.0 Å². The van der Waals surface area contributed by atoms with Crippen molar-refractivity contribution in [3.63, 3.8) is 0 Å². The van der Waals surface area contributed by atoms with E-state index >= 15 is 0 Å². The van der Waals surface area contributed by atoms with Gasteiger partial charge in [0.05, 0.1) is 36.6 Å². The summed E-state index contributed by atoms with van der Waals surface area (Å²) in [4.78, 5) is 5.18. The summed E-state index contributed by atoms with van der Waals surface area (Å²) in [6, 6.07) is 0. The Labute approximate surface area is 147 Å². The minimum atomic E-state index is -0.0566. The van der Waals surface area contributed by atoms with E-state index in [0.29, 0.717) is 12.2 Å². The first-order valence-corrected chi connectivity index (χ1v) is 9.45. The third-order valence-corrected chi connectivity index (χ3v) is 5.21. The van der Waals surface area contributed by atoms with Crippen LogP contribution < -0.4 is 0 Å². The molecule has 5 nitrogen and oxygen atoms in total. The molecule has 0 bridgehead atoms. The maximum Gasteiger partial charge on any atom is 0.0757 e. The molecule has 3 rings (SSSR count). The van der Waals surface area contributed by atoms with Gasteiger partial charge in [0.15, 0.2) is 0 Å². The van der Waals surface area contributed by atoms with E-state index in [1.54, 1.807) is 0 Å². The fraction of sp³-hybridized carbons (Fsp3) is 1.00. The van der Waals surface area contributed by atoms with Crippen LogP contribution in [0.2, 0.25) is 0 Å². The molecule has 0 radical (unpaired) electrons. The first-order valence-electron chi connectivity index (χ1n) is 9.45. The van der Waals surface area contributed by atoms with Crippen molar-refractivity contribution in [1.82, 2.24) is 9.80 Å². The van der Waals surface area contributed by atoms with E-state index in [0.717, 1.165) is 52.5 Å². The minimum absolute atomic E-state index is 0.0566. The number of hydrogen-bond acceptors (Lipinski definition) is 5. The van der Waals surface area contributed by atoms with Crippen molar-refractivity contribution < 1.29 is 14.2 Å². The minimum Gasteiger partial charge on any atom is -0.380 e. The third kappa shape index (κ3) is 4.50. The number of ether oxygens (including phenoxy) is 3. The van der Waals surface area contributed by atoms with Gasteiger partial charge in [-0.3, -0.25) is 9.80 Å². The van der Waals surface area contributed by atoms with Crippen LogP contribution in [-0.4, -0.2) is 85.7 Å². The first-order chi connectivity index (χ1) is 11.1. The van der Waals surface area contributed by atoms with Gasteiger partial charge in [-0.15, -0.1) is 0 Å². The summed E-state index contributed by atoms with van der Waals surface area (Å²) >= 11 is 0. The van der Waals surface area contributed by atoms with Crippen LogP contribution in [0.25, 0.3) is 0 Å². The average molecular weight is 341 g/mol. The molecule has 5 heteroatoms. The van der Waals surface area contributed by atoms with Crippen molar-refractivity contribution in [2.75, 3.05) is 52.5 Å². The summed E-state index contributed by atoms with van der Waals surface area (Å²) in [7, 11) is 0. The van der Waals surface area contributed by atoms with E-state index in [-0.39, 0.29) is 16.6 Å². The van der Waals surface area contributed by atoms with E-state index in [1.165, 1.54) is 0 Å². The highest BCUT2D eigenvalue weighted by Crippen LogP contribution is 2.34. The van der Waals surface area contributed by atoms with Crippen LogP contribution in [0.15, 0.2) is 0 Å². The largest absolute Gasteiger partial charge is 0.380 e. The molecule has 2 atom stereocenters. The van der Waals surface area contributed by atoms with Gasteiger partial charge in [0.1, 0.15) is 0 Å². The molecule has 0 aliphatic carbocycles. The fourth-order valence-electron chi connectivity index (χ4n) is 4.98. The molecule has 24 heavy (non-hydrogen) atoms. The molecule has 140 valence electrons. The smallest absolute Gasteiger partial charge is 0.0757 e. The molecule has 3 aliphatic rings. The van der Waals surface area contributed by atoms with Gasteiger partial charge in [-0.05, 0) is 41.5 Å². The Morgan fingerprint density at radius 1 is 0.792 bits per heavy atom. The Hall–Kier alpha value is -0.200. The van der Waals surface area contributed by atoms with Gasteiger partial charge in [-0.1, -0.05) is 0 Å². The number of rotatable bonds is 4. The van der Waals surface area contributed by atoms with E-state index < -0.39 is 0 Å². The van der Waals surface area contributed by atoms with Gasteiger partial charge in [0, 0.05) is 44.7 Å². The molecule has 0 spiro atoms. The lowest BCUT2D eigenvalue weighted by Crippen LogP contribution is -2.63. The van der Waals surface area contributed by atoms with Crippen molar-refractivity contribution >= 4 is 0 Å². The van der Waals surface area contributed by atoms with Gasteiger partial charge in [0.2, 0.25) is 0 Å². The maximum absolute atomic E-state index is 6.06. The van der Waals surface area contributed by atoms with Crippen molar-refractivity contribution in [1.29, 1.82) is 0 Å². The van der Waals surface area contributed by atoms with Gasteiger partial charge in [0.25, 0.3) is 0 Å². The molecule has 0 N–H and O–H groups in total. The third-order valence-electron chi connectivity index (χ3n) is 5.21. The van der Waals surface area contributed by atoms with Crippen molar-refractivity contribution in [3.05, 3.63) is 0 Å². The van der Waals surface area contributed by atoms with E-state index in [4.69, 9.17) is 14.2 Å². The molecule has 0 aromatic rings. The van der Waals surface area contributed by atoms with E-state index in [2.05, 4.69) is 51.3 Å². The van der Waals surface area contributed by atoms with Crippen LogP contribution in [0.3, 0.4) is 0 Å². The summed E-state index contributed by atoms with van der Waals surface area (Å²) in [5.41, 5.74) is 0.151. The molecule has 3 aliphatic heterocycles. The Kier molecular flexibility index (Phi) is 5.04. The SMILES string of the molecule is CC1CN(CC2(CN3CC(C)OC(C)(C)C3)COC2)CC(C)(C)O1. The summed E-state index contributed by atoms with van der Waals surface area (Å²) in [5, 5.41) is 0. The van der Waals surface area contributed by atoms with Gasteiger partial charge >= 0.3 is 0 Å².